The van der Waals surface area contributed by atoms with Gasteiger partial charge in [-0.25, -0.2) is 0 Å². The van der Waals surface area contributed by atoms with E-state index in [0.717, 1.165) is 33.9 Å². The Morgan fingerprint density at radius 2 is 1.62 bits per heavy atom. The Labute approximate surface area is 169 Å². The zero-order valence-electron chi connectivity index (χ0n) is 15.9. The molecule has 29 heavy (non-hydrogen) atoms. The van der Waals surface area contributed by atoms with Gasteiger partial charge in [0.1, 0.15) is 25.6 Å². The SMILES string of the molecule is O=C1CC(c2ccccc2OCc2ccccc2)c2cc3c(cc2N1)OCCO3. The highest BCUT2D eigenvalue weighted by Gasteiger charge is 2.31. The third-order valence-corrected chi connectivity index (χ3v) is 5.28. The number of nitrogens with one attached hydrogen (secondary N) is 1. The predicted molar refractivity (Wildman–Crippen MR) is 110 cm³/mol. The third-order valence-electron chi connectivity index (χ3n) is 5.28. The largest absolute Gasteiger partial charge is 0.489 e. The van der Waals surface area contributed by atoms with E-state index in [1.165, 1.54) is 0 Å². The van der Waals surface area contributed by atoms with Crippen molar-refractivity contribution in [2.75, 3.05) is 18.5 Å². The molecular formula is C24H21NO4. The van der Waals surface area contributed by atoms with E-state index < -0.39 is 0 Å². The van der Waals surface area contributed by atoms with Gasteiger partial charge in [0.2, 0.25) is 5.91 Å². The van der Waals surface area contributed by atoms with E-state index in [1.807, 2.05) is 66.7 Å². The van der Waals surface area contributed by atoms with Gasteiger partial charge in [-0.2, -0.15) is 0 Å². The molecule has 5 nitrogen and oxygen atoms in total. The molecule has 0 aliphatic carbocycles. The van der Waals surface area contributed by atoms with Crippen molar-refractivity contribution < 1.29 is 19.0 Å². The molecule has 3 aromatic carbocycles. The number of rotatable bonds is 4. The number of anilines is 1. The van der Waals surface area contributed by atoms with Gasteiger partial charge in [-0.15, -0.1) is 0 Å². The number of carbonyl (C=O) groups excluding carboxylic acids is 1. The first kappa shape index (κ1) is 17.6. The Morgan fingerprint density at radius 1 is 0.897 bits per heavy atom. The van der Waals surface area contributed by atoms with Crippen molar-refractivity contribution in [2.24, 2.45) is 0 Å². The summed E-state index contributed by atoms with van der Waals surface area (Å²) in [5.74, 6) is 2.05. The van der Waals surface area contributed by atoms with E-state index in [0.29, 0.717) is 32.0 Å². The second-order valence-electron chi connectivity index (χ2n) is 7.20. The van der Waals surface area contributed by atoms with Crippen molar-refractivity contribution in [3.05, 3.63) is 83.4 Å². The molecule has 1 amide bonds. The van der Waals surface area contributed by atoms with Crippen LogP contribution in [-0.4, -0.2) is 19.1 Å². The fourth-order valence-corrected chi connectivity index (χ4v) is 3.91. The van der Waals surface area contributed by atoms with Crippen LogP contribution in [-0.2, 0) is 11.4 Å². The summed E-state index contributed by atoms with van der Waals surface area (Å²) in [6.07, 6.45) is 0.359. The molecule has 0 fully saturated rings. The average molecular weight is 387 g/mol. The smallest absolute Gasteiger partial charge is 0.225 e. The summed E-state index contributed by atoms with van der Waals surface area (Å²) in [5, 5.41) is 2.97. The molecule has 0 saturated heterocycles. The Bertz CT molecular complexity index is 1050. The Morgan fingerprint density at radius 3 is 2.45 bits per heavy atom. The molecule has 5 heteroatoms. The van der Waals surface area contributed by atoms with Crippen LogP contribution in [0.3, 0.4) is 0 Å². The van der Waals surface area contributed by atoms with Crippen molar-refractivity contribution in [3.8, 4) is 17.2 Å². The van der Waals surface area contributed by atoms with Crippen LogP contribution < -0.4 is 19.5 Å². The predicted octanol–water partition coefficient (Wildman–Crippen LogP) is 4.51. The minimum atomic E-state index is -0.110. The minimum absolute atomic E-state index is 0.0166. The van der Waals surface area contributed by atoms with Gasteiger partial charge < -0.3 is 19.5 Å². The summed E-state index contributed by atoms with van der Waals surface area (Å²) in [5.41, 5.74) is 3.89. The molecule has 1 unspecified atom stereocenters. The first-order valence-corrected chi connectivity index (χ1v) is 9.77. The number of carbonyl (C=O) groups is 1. The van der Waals surface area contributed by atoms with Crippen molar-refractivity contribution in [1.82, 2.24) is 0 Å². The lowest BCUT2D eigenvalue weighted by Crippen LogP contribution is -2.25. The zero-order chi connectivity index (χ0) is 19.6. The molecule has 1 atom stereocenters. The molecule has 2 aliphatic heterocycles. The van der Waals surface area contributed by atoms with Gasteiger partial charge in [0, 0.05) is 29.7 Å². The lowest BCUT2D eigenvalue weighted by molar-refractivity contribution is -0.116. The summed E-state index contributed by atoms with van der Waals surface area (Å²) < 4.78 is 17.6. The maximum absolute atomic E-state index is 12.4. The molecule has 2 aliphatic rings. The van der Waals surface area contributed by atoms with Gasteiger partial charge in [-0.05, 0) is 23.3 Å². The third kappa shape index (κ3) is 3.51. The van der Waals surface area contributed by atoms with Crippen LogP contribution in [0.4, 0.5) is 5.69 Å². The quantitative estimate of drug-likeness (QED) is 0.716. The van der Waals surface area contributed by atoms with Gasteiger partial charge in [-0.3, -0.25) is 4.79 Å². The average Bonchev–Trinajstić information content (AvgIpc) is 2.77. The fraction of sp³-hybridized carbons (Fsp3) is 0.208. The molecule has 0 radical (unpaired) electrons. The molecule has 0 saturated carbocycles. The standard InChI is InChI=1S/C24H21NO4/c26-24-13-18(19-12-22-23(14-20(19)25-24)28-11-10-27-22)17-8-4-5-9-21(17)29-15-16-6-2-1-3-7-16/h1-9,12,14,18H,10-11,13,15H2,(H,25,26). The molecule has 2 heterocycles. The first-order valence-electron chi connectivity index (χ1n) is 9.77. The van der Waals surface area contributed by atoms with Crippen LogP contribution in [0.2, 0.25) is 0 Å². The van der Waals surface area contributed by atoms with Gasteiger partial charge in [-0.1, -0.05) is 48.5 Å². The first-order chi connectivity index (χ1) is 14.3. The fourth-order valence-electron chi connectivity index (χ4n) is 3.91. The van der Waals surface area contributed by atoms with Crippen LogP contribution >= 0.6 is 0 Å². The Kier molecular flexibility index (Phi) is 4.56. The number of ether oxygens (including phenoxy) is 3. The highest BCUT2D eigenvalue weighted by atomic mass is 16.6. The topological polar surface area (TPSA) is 56.8 Å². The van der Waals surface area contributed by atoms with E-state index >= 15 is 0 Å². The number of hydrogen-bond donors (Lipinski definition) is 1. The van der Waals surface area contributed by atoms with Crippen LogP contribution in [0.15, 0.2) is 66.7 Å². The number of amides is 1. The maximum Gasteiger partial charge on any atom is 0.225 e. The number of fused-ring (bicyclic) bond motifs is 2. The van der Waals surface area contributed by atoms with Crippen molar-refractivity contribution in [1.29, 1.82) is 0 Å². The summed E-state index contributed by atoms with van der Waals surface area (Å²) in [7, 11) is 0. The van der Waals surface area contributed by atoms with Gasteiger partial charge in [0.15, 0.2) is 11.5 Å². The van der Waals surface area contributed by atoms with E-state index in [9.17, 15) is 4.79 Å². The number of hydrogen-bond acceptors (Lipinski definition) is 4. The summed E-state index contributed by atoms with van der Waals surface area (Å²) in [4.78, 5) is 12.4. The normalized spacial score (nSPS) is 17.2. The molecule has 146 valence electrons. The molecule has 0 bridgehead atoms. The van der Waals surface area contributed by atoms with E-state index in [4.69, 9.17) is 14.2 Å². The number of benzene rings is 3. The second-order valence-corrected chi connectivity index (χ2v) is 7.20. The maximum atomic E-state index is 12.4. The molecule has 3 aromatic rings. The molecule has 0 aromatic heterocycles. The van der Waals surface area contributed by atoms with Crippen LogP contribution in [0, 0.1) is 0 Å². The van der Waals surface area contributed by atoms with Gasteiger partial charge >= 0.3 is 0 Å². The van der Waals surface area contributed by atoms with Crippen LogP contribution in [0.5, 0.6) is 17.2 Å². The zero-order valence-corrected chi connectivity index (χ0v) is 15.9. The molecule has 1 N–H and O–H groups in total. The van der Waals surface area contributed by atoms with Gasteiger partial charge in [0.05, 0.1) is 0 Å². The van der Waals surface area contributed by atoms with Crippen LogP contribution in [0.25, 0.3) is 0 Å². The van der Waals surface area contributed by atoms with Crippen molar-refractivity contribution in [3.63, 3.8) is 0 Å². The van der Waals surface area contributed by atoms with Crippen LogP contribution in [0.1, 0.15) is 29.0 Å². The monoisotopic (exact) mass is 387 g/mol. The van der Waals surface area contributed by atoms with Gasteiger partial charge in [0.25, 0.3) is 0 Å². The molecule has 0 spiro atoms. The lowest BCUT2D eigenvalue weighted by atomic mass is 9.84. The second kappa shape index (κ2) is 7.51. The number of para-hydroxylation sites is 1. The summed E-state index contributed by atoms with van der Waals surface area (Å²) in [6.45, 7) is 1.52. The minimum Gasteiger partial charge on any atom is -0.489 e. The van der Waals surface area contributed by atoms with Crippen molar-refractivity contribution >= 4 is 11.6 Å². The van der Waals surface area contributed by atoms with E-state index in [-0.39, 0.29) is 11.8 Å². The molecular weight excluding hydrogens is 366 g/mol. The lowest BCUT2D eigenvalue weighted by Gasteiger charge is -2.29. The Balaban J connectivity index is 1.51. The molecule has 5 rings (SSSR count). The Hall–Kier alpha value is -3.47. The van der Waals surface area contributed by atoms with Crippen molar-refractivity contribution in [2.45, 2.75) is 18.9 Å². The van der Waals surface area contributed by atoms with E-state index in [2.05, 4.69) is 5.32 Å². The van der Waals surface area contributed by atoms with E-state index in [1.54, 1.807) is 0 Å². The summed E-state index contributed by atoms with van der Waals surface area (Å²) in [6, 6.07) is 21.8. The summed E-state index contributed by atoms with van der Waals surface area (Å²) >= 11 is 0. The highest BCUT2D eigenvalue weighted by Crippen LogP contribution is 2.45. The highest BCUT2D eigenvalue weighted by molar-refractivity contribution is 5.96.